The SMILES string of the molecule is Cn1ccc(CNCCC2CCCC2)n1. The Kier molecular flexibility index (Phi) is 3.78. The van der Waals surface area contributed by atoms with E-state index in [0.29, 0.717) is 0 Å². The Morgan fingerprint density at radius 1 is 1.47 bits per heavy atom. The highest BCUT2D eigenvalue weighted by atomic mass is 15.3. The zero-order valence-electron chi connectivity index (χ0n) is 9.58. The minimum atomic E-state index is 0.910. The van der Waals surface area contributed by atoms with Crippen molar-refractivity contribution in [2.45, 2.75) is 38.6 Å². The van der Waals surface area contributed by atoms with Crippen LogP contribution in [0.1, 0.15) is 37.8 Å². The van der Waals surface area contributed by atoms with E-state index in [1.54, 1.807) is 0 Å². The summed E-state index contributed by atoms with van der Waals surface area (Å²) in [6.07, 6.45) is 9.13. The summed E-state index contributed by atoms with van der Waals surface area (Å²) in [7, 11) is 1.96. The first-order valence-corrected chi connectivity index (χ1v) is 6.04. The molecule has 0 aliphatic heterocycles. The lowest BCUT2D eigenvalue weighted by atomic mass is 10.0. The van der Waals surface area contributed by atoms with Crippen LogP contribution in [0.5, 0.6) is 0 Å². The molecular weight excluding hydrogens is 186 g/mol. The van der Waals surface area contributed by atoms with Crippen molar-refractivity contribution in [2.24, 2.45) is 13.0 Å². The Balaban J connectivity index is 1.58. The van der Waals surface area contributed by atoms with Gasteiger partial charge in [0.1, 0.15) is 0 Å². The molecule has 0 atom stereocenters. The molecule has 0 spiro atoms. The fourth-order valence-corrected chi connectivity index (χ4v) is 2.38. The molecule has 0 radical (unpaired) electrons. The number of hydrogen-bond acceptors (Lipinski definition) is 2. The molecule has 1 fully saturated rings. The second-order valence-electron chi connectivity index (χ2n) is 4.60. The van der Waals surface area contributed by atoms with E-state index in [1.165, 1.54) is 32.1 Å². The van der Waals surface area contributed by atoms with Crippen LogP contribution in [0.15, 0.2) is 12.3 Å². The summed E-state index contributed by atoms with van der Waals surface area (Å²) in [5.74, 6) is 0.987. The highest BCUT2D eigenvalue weighted by Gasteiger charge is 2.13. The number of aryl methyl sites for hydroxylation is 1. The van der Waals surface area contributed by atoms with Crippen molar-refractivity contribution >= 4 is 0 Å². The number of hydrogen-bond donors (Lipinski definition) is 1. The van der Waals surface area contributed by atoms with Gasteiger partial charge in [0.2, 0.25) is 0 Å². The van der Waals surface area contributed by atoms with Gasteiger partial charge in [-0.25, -0.2) is 0 Å². The summed E-state index contributed by atoms with van der Waals surface area (Å²) < 4.78 is 1.86. The predicted molar refractivity (Wildman–Crippen MR) is 61.5 cm³/mol. The van der Waals surface area contributed by atoms with E-state index in [-0.39, 0.29) is 0 Å². The van der Waals surface area contributed by atoms with Crippen molar-refractivity contribution < 1.29 is 0 Å². The van der Waals surface area contributed by atoms with Gasteiger partial charge in [0.25, 0.3) is 0 Å². The molecule has 15 heavy (non-hydrogen) atoms. The summed E-state index contributed by atoms with van der Waals surface area (Å²) in [4.78, 5) is 0. The van der Waals surface area contributed by atoms with Crippen LogP contribution >= 0.6 is 0 Å². The van der Waals surface area contributed by atoms with E-state index in [1.807, 2.05) is 17.9 Å². The highest BCUT2D eigenvalue weighted by Crippen LogP contribution is 2.26. The molecule has 3 heteroatoms. The highest BCUT2D eigenvalue weighted by molar-refractivity contribution is 4.97. The van der Waals surface area contributed by atoms with Gasteiger partial charge in [-0.3, -0.25) is 4.68 Å². The maximum atomic E-state index is 4.33. The Morgan fingerprint density at radius 2 is 2.27 bits per heavy atom. The summed E-state index contributed by atoms with van der Waals surface area (Å²) in [5, 5.41) is 7.80. The monoisotopic (exact) mass is 207 g/mol. The van der Waals surface area contributed by atoms with Gasteiger partial charge in [0.15, 0.2) is 0 Å². The second-order valence-corrected chi connectivity index (χ2v) is 4.60. The molecular formula is C12H21N3. The second kappa shape index (κ2) is 5.31. The van der Waals surface area contributed by atoms with Gasteiger partial charge in [-0.05, 0) is 24.9 Å². The smallest absolute Gasteiger partial charge is 0.0762 e. The molecule has 1 aromatic heterocycles. The molecule has 0 bridgehead atoms. The molecule has 0 aromatic carbocycles. The largest absolute Gasteiger partial charge is 0.311 e. The maximum Gasteiger partial charge on any atom is 0.0762 e. The summed E-state index contributed by atoms with van der Waals surface area (Å²) in [6.45, 7) is 2.05. The van der Waals surface area contributed by atoms with Crippen molar-refractivity contribution in [1.29, 1.82) is 0 Å². The van der Waals surface area contributed by atoms with Crippen LogP contribution in [-0.2, 0) is 13.6 Å². The molecule has 1 N–H and O–H groups in total. The maximum absolute atomic E-state index is 4.33. The van der Waals surface area contributed by atoms with E-state index < -0.39 is 0 Å². The van der Waals surface area contributed by atoms with Crippen molar-refractivity contribution in [3.05, 3.63) is 18.0 Å². The Labute approximate surface area is 91.9 Å². The fraction of sp³-hybridized carbons (Fsp3) is 0.750. The zero-order valence-corrected chi connectivity index (χ0v) is 9.58. The number of rotatable bonds is 5. The predicted octanol–water partition coefficient (Wildman–Crippen LogP) is 2.09. The minimum absolute atomic E-state index is 0.910. The third kappa shape index (κ3) is 3.34. The summed E-state index contributed by atoms with van der Waals surface area (Å²) in [6, 6.07) is 2.07. The van der Waals surface area contributed by atoms with Crippen molar-refractivity contribution in [3.63, 3.8) is 0 Å². The van der Waals surface area contributed by atoms with Crippen LogP contribution in [0.4, 0.5) is 0 Å². The van der Waals surface area contributed by atoms with Gasteiger partial charge in [-0.2, -0.15) is 5.10 Å². The molecule has 1 heterocycles. The van der Waals surface area contributed by atoms with Crippen LogP contribution in [0.25, 0.3) is 0 Å². The molecule has 84 valence electrons. The first kappa shape index (κ1) is 10.7. The average Bonchev–Trinajstić information content (AvgIpc) is 2.84. The topological polar surface area (TPSA) is 29.9 Å². The average molecular weight is 207 g/mol. The van der Waals surface area contributed by atoms with Gasteiger partial charge in [-0.1, -0.05) is 25.7 Å². The van der Waals surface area contributed by atoms with Crippen LogP contribution in [-0.4, -0.2) is 16.3 Å². The van der Waals surface area contributed by atoms with E-state index in [2.05, 4.69) is 16.5 Å². The molecule has 1 aliphatic rings. The van der Waals surface area contributed by atoms with Gasteiger partial charge < -0.3 is 5.32 Å². The van der Waals surface area contributed by atoms with Crippen LogP contribution in [0.2, 0.25) is 0 Å². The van der Waals surface area contributed by atoms with Gasteiger partial charge in [-0.15, -0.1) is 0 Å². The third-order valence-corrected chi connectivity index (χ3v) is 3.28. The van der Waals surface area contributed by atoms with Crippen LogP contribution < -0.4 is 5.32 Å². The fourth-order valence-electron chi connectivity index (χ4n) is 2.38. The lowest BCUT2D eigenvalue weighted by molar-refractivity contribution is 0.475. The van der Waals surface area contributed by atoms with Crippen LogP contribution in [0, 0.1) is 5.92 Å². The number of aromatic nitrogens is 2. The summed E-state index contributed by atoms with van der Waals surface area (Å²) >= 11 is 0. The number of nitrogens with one attached hydrogen (secondary N) is 1. The Bertz CT molecular complexity index is 287. The molecule has 2 rings (SSSR count). The third-order valence-electron chi connectivity index (χ3n) is 3.28. The zero-order chi connectivity index (χ0) is 10.5. The van der Waals surface area contributed by atoms with E-state index in [0.717, 1.165) is 24.7 Å². The van der Waals surface area contributed by atoms with Crippen LogP contribution in [0.3, 0.4) is 0 Å². The van der Waals surface area contributed by atoms with Gasteiger partial charge >= 0.3 is 0 Å². The van der Waals surface area contributed by atoms with E-state index in [4.69, 9.17) is 0 Å². The molecule has 0 amide bonds. The normalized spacial score (nSPS) is 17.4. The molecule has 0 unspecified atom stereocenters. The minimum Gasteiger partial charge on any atom is -0.311 e. The molecule has 0 saturated heterocycles. The molecule has 1 aliphatic carbocycles. The van der Waals surface area contributed by atoms with Crippen molar-refractivity contribution in [2.75, 3.05) is 6.54 Å². The molecule has 1 saturated carbocycles. The van der Waals surface area contributed by atoms with Gasteiger partial charge in [0, 0.05) is 19.8 Å². The Morgan fingerprint density at radius 3 is 2.93 bits per heavy atom. The first-order valence-electron chi connectivity index (χ1n) is 6.04. The molecule has 1 aromatic rings. The quantitative estimate of drug-likeness (QED) is 0.749. The van der Waals surface area contributed by atoms with E-state index >= 15 is 0 Å². The summed E-state index contributed by atoms with van der Waals surface area (Å²) in [5.41, 5.74) is 1.14. The molecule has 3 nitrogen and oxygen atoms in total. The van der Waals surface area contributed by atoms with Crippen molar-refractivity contribution in [1.82, 2.24) is 15.1 Å². The first-order chi connectivity index (χ1) is 7.34. The van der Waals surface area contributed by atoms with Gasteiger partial charge in [0.05, 0.1) is 5.69 Å². The lowest BCUT2D eigenvalue weighted by Gasteiger charge is -2.08. The Hall–Kier alpha value is -0.830. The number of nitrogens with zero attached hydrogens (tertiary/aromatic N) is 2. The lowest BCUT2D eigenvalue weighted by Crippen LogP contribution is -2.17. The standard InChI is InChI=1S/C12H21N3/c1-15-9-7-12(14-15)10-13-8-6-11-4-2-3-5-11/h7,9,11,13H,2-6,8,10H2,1H3. The van der Waals surface area contributed by atoms with Crippen molar-refractivity contribution in [3.8, 4) is 0 Å². The van der Waals surface area contributed by atoms with E-state index in [9.17, 15) is 0 Å².